The predicted octanol–water partition coefficient (Wildman–Crippen LogP) is 4.00. The quantitative estimate of drug-likeness (QED) is 0.316. The summed E-state index contributed by atoms with van der Waals surface area (Å²) in [5.41, 5.74) is -2.84. The summed E-state index contributed by atoms with van der Waals surface area (Å²) in [6.07, 6.45) is 10.4. The van der Waals surface area contributed by atoms with Crippen LogP contribution in [0.2, 0.25) is 0 Å². The van der Waals surface area contributed by atoms with E-state index in [-0.39, 0.29) is 0 Å². The Hall–Kier alpha value is -1.15. The molecule has 0 atom stereocenters. The minimum absolute atomic E-state index is 1.18. The van der Waals surface area contributed by atoms with Crippen LogP contribution in [0, 0.1) is 13.8 Å². The molecule has 0 N–H and O–H groups in total. The smallest absolute Gasteiger partial charge is 0.485 e. The number of unbranched alkanes of at least 4 members (excludes halogenated alkanes) is 5. The molecule has 0 radical (unpaired) electrons. The van der Waals surface area contributed by atoms with Crippen molar-refractivity contribution in [3.8, 4) is 0 Å². The first-order valence-electron chi connectivity index (χ1n) is 7.98. The lowest BCUT2D eigenvalue weighted by Crippen LogP contribution is -2.37. The zero-order valence-corrected chi connectivity index (χ0v) is 15.2. The normalized spacial score (nSPS) is 11.8. The van der Waals surface area contributed by atoms with E-state index >= 15 is 0 Å². The lowest BCUT2D eigenvalue weighted by Gasteiger charge is -2.08. The van der Waals surface area contributed by atoms with Crippen molar-refractivity contribution in [1.82, 2.24) is 0 Å². The molecule has 0 saturated heterocycles. The third-order valence-corrected chi connectivity index (χ3v) is 4.22. The lowest BCUT2D eigenvalue weighted by atomic mass is 10.1. The minimum Gasteiger partial charge on any atom is -0.741 e. The highest BCUT2D eigenvalue weighted by molar-refractivity contribution is 7.86. The number of alkyl halides is 3. The highest BCUT2D eigenvalue weighted by Gasteiger charge is 2.36. The van der Waals surface area contributed by atoms with Crippen LogP contribution in [0.5, 0.6) is 0 Å². The Kier molecular flexibility index (Phi) is 10.1. The summed E-state index contributed by atoms with van der Waals surface area (Å²) in [7, 11) is -6.09. The molecule has 0 aliphatic heterocycles. The summed E-state index contributed by atoms with van der Waals surface area (Å²) >= 11 is 0. The van der Waals surface area contributed by atoms with Gasteiger partial charge in [0.2, 0.25) is 0 Å². The molecule has 0 spiro atoms. The van der Waals surface area contributed by atoms with Crippen LogP contribution in [0.25, 0.3) is 0 Å². The standard InChI is InChI=1S/C15H26N.CHF3O3S/c1-4-5-6-7-8-9-12-16-13-10-11-14(2)15(16)3;2-1(3,4)8(5,6)7/h10-11,13H,4-9,12H2,1-3H3;(H,5,6,7)/q+1;/p-1. The van der Waals surface area contributed by atoms with Gasteiger partial charge in [0.05, 0.1) is 0 Å². The third-order valence-electron chi connectivity index (χ3n) is 3.65. The van der Waals surface area contributed by atoms with E-state index in [4.69, 9.17) is 13.0 Å². The lowest BCUT2D eigenvalue weighted by molar-refractivity contribution is -0.703. The van der Waals surface area contributed by atoms with Crippen LogP contribution >= 0.6 is 0 Å². The van der Waals surface area contributed by atoms with Gasteiger partial charge in [-0.2, -0.15) is 13.2 Å². The first kappa shape index (κ1) is 22.9. The molecule has 0 saturated carbocycles. The summed E-state index contributed by atoms with van der Waals surface area (Å²) < 4.78 is 61.3. The zero-order valence-electron chi connectivity index (χ0n) is 14.4. The highest BCUT2D eigenvalue weighted by Crippen LogP contribution is 2.20. The average Bonchev–Trinajstić information content (AvgIpc) is 2.45. The molecule has 0 amide bonds. The number of aryl methyl sites for hydroxylation is 2. The van der Waals surface area contributed by atoms with Crippen LogP contribution in [0.3, 0.4) is 0 Å². The molecule has 1 aromatic heterocycles. The van der Waals surface area contributed by atoms with Crippen LogP contribution in [0.1, 0.15) is 56.7 Å². The molecule has 0 bridgehead atoms. The summed E-state index contributed by atoms with van der Waals surface area (Å²) in [6, 6.07) is 4.34. The Labute approximate surface area is 142 Å². The van der Waals surface area contributed by atoms with Crippen molar-refractivity contribution in [2.24, 2.45) is 0 Å². The summed E-state index contributed by atoms with van der Waals surface area (Å²) in [5.74, 6) is 0. The van der Waals surface area contributed by atoms with Gasteiger partial charge in [-0.15, -0.1) is 0 Å². The Morgan fingerprint density at radius 3 is 2.08 bits per heavy atom. The first-order chi connectivity index (χ1) is 11.0. The van der Waals surface area contributed by atoms with E-state index in [2.05, 4.69) is 43.7 Å². The van der Waals surface area contributed by atoms with Gasteiger partial charge in [0.25, 0.3) is 0 Å². The molecule has 1 aromatic rings. The van der Waals surface area contributed by atoms with Crippen LogP contribution < -0.4 is 4.57 Å². The van der Waals surface area contributed by atoms with Crippen molar-refractivity contribution in [2.75, 3.05) is 0 Å². The van der Waals surface area contributed by atoms with Gasteiger partial charge in [-0.05, 0) is 19.4 Å². The molecule has 140 valence electrons. The number of hydrogen-bond acceptors (Lipinski definition) is 3. The van der Waals surface area contributed by atoms with E-state index in [1.807, 2.05) is 0 Å². The van der Waals surface area contributed by atoms with E-state index in [0.717, 1.165) is 0 Å². The second-order valence-electron chi connectivity index (χ2n) is 5.64. The minimum atomic E-state index is -6.09. The van der Waals surface area contributed by atoms with Gasteiger partial charge < -0.3 is 4.55 Å². The Morgan fingerprint density at radius 1 is 1.08 bits per heavy atom. The largest absolute Gasteiger partial charge is 0.741 e. The summed E-state index contributed by atoms with van der Waals surface area (Å²) in [4.78, 5) is 0. The predicted molar refractivity (Wildman–Crippen MR) is 85.2 cm³/mol. The van der Waals surface area contributed by atoms with Crippen LogP contribution in [-0.4, -0.2) is 18.5 Å². The van der Waals surface area contributed by atoms with Crippen molar-refractivity contribution in [1.29, 1.82) is 0 Å². The molecule has 0 fully saturated rings. The van der Waals surface area contributed by atoms with Crippen LogP contribution in [0.4, 0.5) is 13.2 Å². The molecule has 0 aliphatic rings. The van der Waals surface area contributed by atoms with E-state index in [9.17, 15) is 13.2 Å². The summed E-state index contributed by atoms with van der Waals surface area (Å²) in [5, 5.41) is 0. The van der Waals surface area contributed by atoms with Crippen molar-refractivity contribution < 1.29 is 30.7 Å². The fourth-order valence-corrected chi connectivity index (χ4v) is 2.05. The monoisotopic (exact) mass is 369 g/mol. The molecular formula is C16H26F3NO3S. The van der Waals surface area contributed by atoms with Gasteiger partial charge >= 0.3 is 5.51 Å². The fraction of sp³-hybridized carbons (Fsp3) is 0.688. The molecule has 4 nitrogen and oxygen atoms in total. The van der Waals surface area contributed by atoms with Crippen LogP contribution in [-0.2, 0) is 16.7 Å². The number of pyridine rings is 1. The third kappa shape index (κ3) is 9.22. The molecule has 24 heavy (non-hydrogen) atoms. The molecule has 1 rings (SSSR count). The molecule has 0 unspecified atom stereocenters. The van der Waals surface area contributed by atoms with Gasteiger partial charge in [-0.3, -0.25) is 0 Å². The van der Waals surface area contributed by atoms with Gasteiger partial charge in [-0.1, -0.05) is 32.6 Å². The van der Waals surface area contributed by atoms with E-state index < -0.39 is 15.6 Å². The molecule has 0 aromatic carbocycles. The second-order valence-corrected chi connectivity index (χ2v) is 7.01. The molecule has 1 heterocycles. The second kappa shape index (κ2) is 10.7. The molecule has 0 aliphatic carbocycles. The van der Waals surface area contributed by atoms with Crippen molar-refractivity contribution in [3.05, 3.63) is 29.6 Å². The van der Waals surface area contributed by atoms with Gasteiger partial charge in [0.1, 0.15) is 6.54 Å². The SMILES string of the molecule is CCCCCCCC[n+]1cccc(C)c1C.O=S(=O)([O-])C(F)(F)F. The number of nitrogens with zero attached hydrogens (tertiary/aromatic N) is 1. The van der Waals surface area contributed by atoms with Crippen molar-refractivity contribution in [3.63, 3.8) is 0 Å². The Bertz CT molecular complexity index is 587. The maximum atomic E-state index is 10.7. The van der Waals surface area contributed by atoms with E-state index in [0.29, 0.717) is 0 Å². The Morgan fingerprint density at radius 2 is 1.58 bits per heavy atom. The van der Waals surface area contributed by atoms with Gasteiger partial charge in [0.15, 0.2) is 22.0 Å². The zero-order chi connectivity index (χ0) is 18.8. The fourth-order valence-electron chi connectivity index (χ4n) is 2.05. The maximum absolute atomic E-state index is 10.7. The molecular weight excluding hydrogens is 343 g/mol. The van der Waals surface area contributed by atoms with E-state index in [1.165, 1.54) is 56.3 Å². The van der Waals surface area contributed by atoms with Gasteiger partial charge in [0, 0.05) is 25.0 Å². The van der Waals surface area contributed by atoms with E-state index in [1.54, 1.807) is 0 Å². The number of rotatable bonds is 7. The van der Waals surface area contributed by atoms with Crippen LogP contribution in [0.15, 0.2) is 18.3 Å². The van der Waals surface area contributed by atoms with Gasteiger partial charge in [-0.25, -0.2) is 13.0 Å². The maximum Gasteiger partial charge on any atom is 0.485 e. The topological polar surface area (TPSA) is 61.1 Å². The first-order valence-corrected chi connectivity index (χ1v) is 9.39. The number of halogens is 3. The Balaban J connectivity index is 0.000000561. The van der Waals surface area contributed by atoms with Crippen molar-refractivity contribution in [2.45, 2.75) is 71.3 Å². The average molecular weight is 369 g/mol. The van der Waals surface area contributed by atoms with Crippen molar-refractivity contribution >= 4 is 10.1 Å². The number of aromatic nitrogens is 1. The molecule has 8 heteroatoms. The summed E-state index contributed by atoms with van der Waals surface area (Å²) in [6.45, 7) is 7.85. The number of hydrogen-bond donors (Lipinski definition) is 0. The highest BCUT2D eigenvalue weighted by atomic mass is 32.2.